The number of aromatic nitrogens is 1. The number of Topliss-reactive ketones (excluding diaryl/α,β-unsaturated/α-hetero) is 1. The molecule has 9 nitrogen and oxygen atoms in total. The Morgan fingerprint density at radius 3 is 2.13 bits per heavy atom. The molecule has 1 atom stereocenters. The zero-order valence-electron chi connectivity index (χ0n) is 23.1. The summed E-state index contributed by atoms with van der Waals surface area (Å²) in [5, 5.41) is 22.1. The van der Waals surface area contributed by atoms with E-state index < -0.39 is 11.9 Å². The van der Waals surface area contributed by atoms with E-state index in [0.717, 1.165) is 5.56 Å². The molecule has 1 unspecified atom stereocenters. The molecule has 2 aromatic rings. The van der Waals surface area contributed by atoms with Crippen molar-refractivity contribution in [2.24, 2.45) is 5.73 Å². The molecule has 38 heavy (non-hydrogen) atoms. The second-order valence-corrected chi connectivity index (χ2v) is 11.7. The van der Waals surface area contributed by atoms with Crippen LogP contribution in [0.4, 0.5) is 0 Å². The topological polar surface area (TPSA) is 149 Å². The largest absolute Gasteiger partial charge is 0.507 e. The summed E-state index contributed by atoms with van der Waals surface area (Å²) in [6.45, 7) is 13.6. The van der Waals surface area contributed by atoms with Crippen molar-refractivity contribution in [3.63, 3.8) is 0 Å². The number of phenols is 1. The number of halogens is 1. The lowest BCUT2D eigenvalue weighted by molar-refractivity contribution is -0.126. The van der Waals surface area contributed by atoms with E-state index in [1.165, 1.54) is 6.92 Å². The molecule has 3 rings (SSSR count). The van der Waals surface area contributed by atoms with Crippen molar-refractivity contribution in [1.82, 2.24) is 15.2 Å². The number of primary amides is 1. The number of phenolic OH excluding ortho intramolecular Hbond substituents is 1. The molecule has 0 fully saturated rings. The number of pyridine rings is 1. The first-order valence-corrected chi connectivity index (χ1v) is 12.3. The van der Waals surface area contributed by atoms with Crippen molar-refractivity contribution < 1.29 is 19.5 Å². The Morgan fingerprint density at radius 2 is 1.66 bits per heavy atom. The van der Waals surface area contributed by atoms with Gasteiger partial charge >= 0.3 is 0 Å². The Balaban J connectivity index is 0.00000507. The van der Waals surface area contributed by atoms with Gasteiger partial charge in [0.15, 0.2) is 5.78 Å². The lowest BCUT2D eigenvalue weighted by Crippen LogP contribution is -2.45. The second kappa shape index (κ2) is 11.2. The number of benzene rings is 1. The lowest BCUT2D eigenvalue weighted by atomic mass is 9.78. The highest BCUT2D eigenvalue weighted by molar-refractivity contribution is 8.93. The molecule has 10 heteroatoms. The molecule has 0 saturated carbocycles. The number of amidine groups is 1. The number of carbonyl (C=O) groups excluding carboxylic acids is 3. The van der Waals surface area contributed by atoms with Gasteiger partial charge in [0, 0.05) is 47.8 Å². The summed E-state index contributed by atoms with van der Waals surface area (Å²) < 4.78 is 0. The molecule has 5 N–H and O–H groups in total. The molecular formula is C28H38BrN5O4. The van der Waals surface area contributed by atoms with Gasteiger partial charge in [-0.05, 0) is 29.0 Å². The highest BCUT2D eigenvalue weighted by Crippen LogP contribution is 2.40. The predicted molar refractivity (Wildman–Crippen MR) is 152 cm³/mol. The third-order valence-electron chi connectivity index (χ3n) is 6.45. The Hall–Kier alpha value is -3.27. The van der Waals surface area contributed by atoms with Crippen LogP contribution in [0.3, 0.4) is 0 Å². The first kappa shape index (κ1) is 31.0. The zero-order valence-corrected chi connectivity index (χ0v) is 24.8. The quantitative estimate of drug-likeness (QED) is 0.364. The maximum absolute atomic E-state index is 13.4. The minimum absolute atomic E-state index is 0. The van der Waals surface area contributed by atoms with E-state index in [1.807, 2.05) is 47.6 Å². The van der Waals surface area contributed by atoms with E-state index in [2.05, 4.69) is 10.3 Å². The van der Waals surface area contributed by atoms with Crippen molar-refractivity contribution >= 4 is 40.4 Å². The van der Waals surface area contributed by atoms with Crippen molar-refractivity contribution in [3.8, 4) is 5.75 Å². The number of nitrogens with one attached hydrogen (secondary N) is 2. The number of nitrogens with two attached hydrogens (primary N) is 1. The third kappa shape index (κ3) is 6.78. The minimum atomic E-state index is -0.903. The Labute approximate surface area is 234 Å². The number of carbonyl (C=O) groups is 3. The number of amides is 2. The van der Waals surface area contributed by atoms with Gasteiger partial charge in [0.25, 0.3) is 0 Å². The van der Waals surface area contributed by atoms with Crippen molar-refractivity contribution in [2.75, 3.05) is 6.54 Å². The number of aromatic hydroxyl groups is 1. The number of hydrogen-bond donors (Lipinski definition) is 4. The van der Waals surface area contributed by atoms with Gasteiger partial charge in [0.05, 0.1) is 6.54 Å². The fourth-order valence-electron chi connectivity index (χ4n) is 4.42. The van der Waals surface area contributed by atoms with Gasteiger partial charge in [-0.3, -0.25) is 19.8 Å². The molecule has 0 radical (unpaired) electrons. The molecule has 2 amide bonds. The molecule has 206 valence electrons. The van der Waals surface area contributed by atoms with Crippen LogP contribution in [-0.2, 0) is 33.4 Å². The fourth-order valence-corrected chi connectivity index (χ4v) is 4.42. The highest BCUT2D eigenvalue weighted by atomic mass is 79.9. The number of hydrogen-bond acceptors (Lipinski definition) is 6. The van der Waals surface area contributed by atoms with Gasteiger partial charge in [-0.25, -0.2) is 4.98 Å². The Kier molecular flexibility index (Phi) is 9.14. The van der Waals surface area contributed by atoms with E-state index in [-0.39, 0.29) is 64.1 Å². The van der Waals surface area contributed by atoms with Crippen LogP contribution in [-0.4, -0.2) is 51.0 Å². The normalized spacial score (nSPS) is 14.0. The van der Waals surface area contributed by atoms with Gasteiger partial charge in [0.1, 0.15) is 23.3 Å². The molecule has 1 aliphatic rings. The van der Waals surface area contributed by atoms with E-state index in [4.69, 9.17) is 11.1 Å². The maximum atomic E-state index is 13.4. The third-order valence-corrected chi connectivity index (χ3v) is 6.45. The van der Waals surface area contributed by atoms with E-state index >= 15 is 0 Å². The Bertz CT molecular complexity index is 1240. The van der Waals surface area contributed by atoms with E-state index in [1.54, 1.807) is 23.1 Å². The lowest BCUT2D eigenvalue weighted by Gasteiger charge is -2.28. The summed E-state index contributed by atoms with van der Waals surface area (Å²) >= 11 is 0. The van der Waals surface area contributed by atoms with Crippen LogP contribution >= 0.6 is 17.0 Å². The standard InChI is InChI=1S/C28H37N5O4.BrH/c1-15(34)31-21(26(30)37)12-18-9-8-16-13-33(25(29)23(16)32-18)14-22(35)17-10-19(27(2,3)4)24(36)20(11-17)28(5,6)7;/h8-11,21,29,36H,12-14H2,1-7H3,(H2,30,37)(H,31,34);1H. The molecule has 0 saturated heterocycles. The van der Waals surface area contributed by atoms with E-state index in [9.17, 15) is 19.5 Å². The van der Waals surface area contributed by atoms with Crippen molar-refractivity contribution in [3.05, 3.63) is 57.9 Å². The molecule has 0 aliphatic carbocycles. The van der Waals surface area contributed by atoms with Crippen LogP contribution in [0, 0.1) is 5.41 Å². The average Bonchev–Trinajstić information content (AvgIpc) is 3.06. The monoisotopic (exact) mass is 587 g/mol. The smallest absolute Gasteiger partial charge is 0.240 e. The predicted octanol–water partition coefficient (Wildman–Crippen LogP) is 3.52. The molecular weight excluding hydrogens is 550 g/mol. The zero-order chi connectivity index (χ0) is 27.9. The first-order chi connectivity index (χ1) is 17.0. The van der Waals surface area contributed by atoms with Crippen LogP contribution in [0.25, 0.3) is 0 Å². The van der Waals surface area contributed by atoms with Crippen LogP contribution in [0.15, 0.2) is 24.3 Å². The molecule has 1 aliphatic heterocycles. The van der Waals surface area contributed by atoms with E-state index in [0.29, 0.717) is 34.6 Å². The van der Waals surface area contributed by atoms with Crippen LogP contribution in [0.1, 0.15) is 86.9 Å². The van der Waals surface area contributed by atoms with Gasteiger partial charge < -0.3 is 21.1 Å². The van der Waals surface area contributed by atoms with Gasteiger partial charge in [-0.15, -0.1) is 17.0 Å². The summed E-state index contributed by atoms with van der Waals surface area (Å²) in [5.41, 5.74) is 8.33. The summed E-state index contributed by atoms with van der Waals surface area (Å²) in [4.78, 5) is 42.7. The Morgan fingerprint density at radius 1 is 1.11 bits per heavy atom. The number of ketones is 1. The number of nitrogens with zero attached hydrogens (tertiary/aromatic N) is 2. The number of fused-ring (bicyclic) bond motifs is 1. The van der Waals surface area contributed by atoms with Crippen molar-refractivity contribution in [2.45, 2.75) is 78.3 Å². The fraction of sp³-hybridized carbons (Fsp3) is 0.464. The first-order valence-electron chi connectivity index (χ1n) is 12.3. The average molecular weight is 589 g/mol. The van der Waals surface area contributed by atoms with Crippen LogP contribution < -0.4 is 11.1 Å². The molecule has 0 spiro atoms. The summed E-state index contributed by atoms with van der Waals surface area (Å²) in [5.74, 6) is -0.874. The maximum Gasteiger partial charge on any atom is 0.240 e. The highest BCUT2D eigenvalue weighted by Gasteiger charge is 2.31. The van der Waals surface area contributed by atoms with Crippen LogP contribution in [0.2, 0.25) is 0 Å². The van der Waals surface area contributed by atoms with Crippen molar-refractivity contribution in [1.29, 1.82) is 5.41 Å². The van der Waals surface area contributed by atoms with Gasteiger partial charge in [-0.2, -0.15) is 0 Å². The van der Waals surface area contributed by atoms with Crippen LogP contribution in [0.5, 0.6) is 5.75 Å². The van der Waals surface area contributed by atoms with Gasteiger partial charge in [-0.1, -0.05) is 47.6 Å². The summed E-state index contributed by atoms with van der Waals surface area (Å²) in [6.07, 6.45) is 0.104. The molecule has 2 heterocycles. The SMILES string of the molecule is Br.CC(=O)NC(Cc1ccc2c(n1)C(=N)N(CC(=O)c1cc(C(C)(C)C)c(O)c(C(C)(C)C)c1)C2)C(N)=O. The second-order valence-electron chi connectivity index (χ2n) is 11.7. The number of rotatable bonds is 7. The summed E-state index contributed by atoms with van der Waals surface area (Å²) in [7, 11) is 0. The minimum Gasteiger partial charge on any atom is -0.507 e. The molecule has 0 bridgehead atoms. The molecule has 1 aromatic carbocycles. The van der Waals surface area contributed by atoms with Gasteiger partial charge in [0.2, 0.25) is 11.8 Å². The molecule has 1 aromatic heterocycles. The summed E-state index contributed by atoms with van der Waals surface area (Å²) in [6, 6.07) is 6.16.